The van der Waals surface area contributed by atoms with Crippen molar-refractivity contribution in [1.29, 1.82) is 0 Å². The lowest BCUT2D eigenvalue weighted by Gasteiger charge is -2.33. The molecule has 87 valence electrons. The zero-order valence-electron chi connectivity index (χ0n) is 10.1. The molecule has 1 fully saturated rings. The third kappa shape index (κ3) is 3.01. The Morgan fingerprint density at radius 3 is 2.44 bits per heavy atom. The SMILES string of the molecule is [CH2]CCCC1CCN(c2ccccc2)CC1. The quantitative estimate of drug-likeness (QED) is 0.737. The predicted molar refractivity (Wildman–Crippen MR) is 70.6 cm³/mol. The molecule has 0 amide bonds. The van der Waals surface area contributed by atoms with Gasteiger partial charge in [0.05, 0.1) is 0 Å². The summed E-state index contributed by atoms with van der Waals surface area (Å²) in [5.74, 6) is 0.946. The maximum absolute atomic E-state index is 3.92. The van der Waals surface area contributed by atoms with E-state index in [1.807, 2.05) is 0 Å². The van der Waals surface area contributed by atoms with E-state index >= 15 is 0 Å². The van der Waals surface area contributed by atoms with E-state index in [-0.39, 0.29) is 0 Å². The summed E-state index contributed by atoms with van der Waals surface area (Å²) in [7, 11) is 0. The van der Waals surface area contributed by atoms with Gasteiger partial charge < -0.3 is 4.90 Å². The van der Waals surface area contributed by atoms with Gasteiger partial charge in [0.25, 0.3) is 0 Å². The molecule has 0 aromatic heterocycles. The highest BCUT2D eigenvalue weighted by molar-refractivity contribution is 5.46. The monoisotopic (exact) mass is 216 g/mol. The van der Waals surface area contributed by atoms with Crippen molar-refractivity contribution in [3.63, 3.8) is 0 Å². The standard InChI is InChI=1S/C15H22N/c1-2-3-7-14-10-12-16(13-11-14)15-8-5-4-6-9-15/h4-6,8-9,14H,1-3,7,10-13H2. The second-order valence-electron chi connectivity index (χ2n) is 4.76. The molecule has 0 unspecified atom stereocenters. The summed E-state index contributed by atoms with van der Waals surface area (Å²) in [5, 5.41) is 0. The molecule has 1 aromatic rings. The van der Waals surface area contributed by atoms with E-state index in [0.29, 0.717) is 0 Å². The van der Waals surface area contributed by atoms with Crippen LogP contribution < -0.4 is 4.90 Å². The first-order valence-corrected chi connectivity index (χ1v) is 6.49. The van der Waals surface area contributed by atoms with Gasteiger partial charge in [0, 0.05) is 18.8 Å². The average Bonchev–Trinajstić information content (AvgIpc) is 2.38. The molecular formula is C15H22N. The third-order valence-corrected chi connectivity index (χ3v) is 3.60. The molecule has 1 nitrogen and oxygen atoms in total. The molecule has 1 aliphatic rings. The molecule has 16 heavy (non-hydrogen) atoms. The average molecular weight is 216 g/mol. The van der Waals surface area contributed by atoms with E-state index in [1.165, 1.54) is 44.5 Å². The first kappa shape index (κ1) is 11.5. The van der Waals surface area contributed by atoms with E-state index in [4.69, 9.17) is 0 Å². The summed E-state index contributed by atoms with van der Waals surface area (Å²) in [6.07, 6.45) is 6.49. The molecular weight excluding hydrogens is 194 g/mol. The molecule has 0 N–H and O–H groups in total. The zero-order chi connectivity index (χ0) is 11.2. The van der Waals surface area contributed by atoms with Crippen LogP contribution >= 0.6 is 0 Å². The Hall–Kier alpha value is -0.980. The van der Waals surface area contributed by atoms with E-state index in [2.05, 4.69) is 42.2 Å². The fourth-order valence-corrected chi connectivity index (χ4v) is 2.55. The minimum absolute atomic E-state index is 0.946. The number of nitrogens with zero attached hydrogens (tertiary/aromatic N) is 1. The molecule has 1 saturated heterocycles. The number of hydrogen-bond acceptors (Lipinski definition) is 1. The van der Waals surface area contributed by atoms with Gasteiger partial charge in [0.2, 0.25) is 0 Å². The van der Waals surface area contributed by atoms with Crippen LogP contribution in [0.3, 0.4) is 0 Å². The summed E-state index contributed by atoms with van der Waals surface area (Å²) >= 11 is 0. The molecule has 0 atom stereocenters. The van der Waals surface area contributed by atoms with Crippen LogP contribution in [0.25, 0.3) is 0 Å². The Bertz CT molecular complexity index is 286. The first-order chi connectivity index (χ1) is 7.90. The van der Waals surface area contributed by atoms with Gasteiger partial charge in [-0.1, -0.05) is 44.4 Å². The maximum Gasteiger partial charge on any atom is 0.0366 e. The lowest BCUT2D eigenvalue weighted by Crippen LogP contribution is -2.33. The van der Waals surface area contributed by atoms with Gasteiger partial charge in [-0.05, 0) is 30.9 Å². The largest absolute Gasteiger partial charge is 0.372 e. The van der Waals surface area contributed by atoms with Crippen molar-refractivity contribution in [3.05, 3.63) is 37.3 Å². The van der Waals surface area contributed by atoms with Crippen LogP contribution in [0.4, 0.5) is 5.69 Å². The highest BCUT2D eigenvalue weighted by Gasteiger charge is 2.18. The Kier molecular flexibility index (Phi) is 4.26. The van der Waals surface area contributed by atoms with Gasteiger partial charge in [-0.15, -0.1) is 0 Å². The molecule has 2 rings (SSSR count). The highest BCUT2D eigenvalue weighted by Crippen LogP contribution is 2.25. The maximum atomic E-state index is 3.92. The smallest absolute Gasteiger partial charge is 0.0366 e. The Labute approximate surface area is 99.5 Å². The second kappa shape index (κ2) is 5.93. The number of hydrogen-bond donors (Lipinski definition) is 0. The summed E-state index contributed by atoms with van der Waals surface area (Å²) in [5.41, 5.74) is 1.39. The van der Waals surface area contributed by atoms with Crippen molar-refractivity contribution in [1.82, 2.24) is 0 Å². The minimum atomic E-state index is 0.946. The first-order valence-electron chi connectivity index (χ1n) is 6.49. The van der Waals surface area contributed by atoms with E-state index in [0.717, 1.165) is 12.3 Å². The Morgan fingerprint density at radius 2 is 1.81 bits per heavy atom. The lowest BCUT2D eigenvalue weighted by atomic mass is 9.91. The molecule has 0 aliphatic carbocycles. The van der Waals surface area contributed by atoms with Crippen molar-refractivity contribution >= 4 is 5.69 Å². The zero-order valence-corrected chi connectivity index (χ0v) is 10.1. The number of piperidine rings is 1. The molecule has 0 bridgehead atoms. The summed E-state index contributed by atoms with van der Waals surface area (Å²) in [4.78, 5) is 2.51. The number of benzene rings is 1. The normalized spacial score (nSPS) is 17.7. The van der Waals surface area contributed by atoms with Crippen LogP contribution in [-0.4, -0.2) is 13.1 Å². The Morgan fingerprint density at radius 1 is 1.12 bits per heavy atom. The fraction of sp³-hybridized carbons (Fsp3) is 0.533. The minimum Gasteiger partial charge on any atom is -0.372 e. The molecule has 1 aromatic carbocycles. The highest BCUT2D eigenvalue weighted by atomic mass is 15.1. The predicted octanol–water partition coefficient (Wildman–Crippen LogP) is 3.91. The number of para-hydroxylation sites is 1. The van der Waals surface area contributed by atoms with Crippen LogP contribution in [0.15, 0.2) is 30.3 Å². The van der Waals surface area contributed by atoms with Gasteiger partial charge >= 0.3 is 0 Å². The van der Waals surface area contributed by atoms with Crippen LogP contribution in [-0.2, 0) is 0 Å². The van der Waals surface area contributed by atoms with Crippen LogP contribution in [0.5, 0.6) is 0 Å². The van der Waals surface area contributed by atoms with Crippen LogP contribution in [0.2, 0.25) is 0 Å². The molecule has 0 spiro atoms. The molecule has 1 aliphatic heterocycles. The topological polar surface area (TPSA) is 3.24 Å². The van der Waals surface area contributed by atoms with Gasteiger partial charge in [-0.2, -0.15) is 0 Å². The molecule has 1 heterocycles. The third-order valence-electron chi connectivity index (χ3n) is 3.60. The second-order valence-corrected chi connectivity index (χ2v) is 4.76. The summed E-state index contributed by atoms with van der Waals surface area (Å²) < 4.78 is 0. The number of anilines is 1. The van der Waals surface area contributed by atoms with Crippen LogP contribution in [0, 0.1) is 12.8 Å². The molecule has 0 saturated carbocycles. The van der Waals surface area contributed by atoms with Crippen molar-refractivity contribution < 1.29 is 0 Å². The number of rotatable bonds is 4. The van der Waals surface area contributed by atoms with E-state index < -0.39 is 0 Å². The van der Waals surface area contributed by atoms with Gasteiger partial charge in [0.15, 0.2) is 0 Å². The van der Waals surface area contributed by atoms with Gasteiger partial charge in [0.1, 0.15) is 0 Å². The summed E-state index contributed by atoms with van der Waals surface area (Å²) in [6, 6.07) is 10.8. The van der Waals surface area contributed by atoms with Crippen LogP contribution in [0.1, 0.15) is 32.1 Å². The summed E-state index contributed by atoms with van der Waals surface area (Å²) in [6.45, 7) is 6.38. The number of unbranched alkanes of at least 4 members (excludes halogenated alkanes) is 1. The molecule has 1 heteroatoms. The van der Waals surface area contributed by atoms with Gasteiger partial charge in [-0.25, -0.2) is 0 Å². The molecule has 1 radical (unpaired) electrons. The Balaban J connectivity index is 1.81. The fourth-order valence-electron chi connectivity index (χ4n) is 2.55. The lowest BCUT2D eigenvalue weighted by molar-refractivity contribution is 0.374. The van der Waals surface area contributed by atoms with Crippen molar-refractivity contribution in [2.45, 2.75) is 32.1 Å². The van der Waals surface area contributed by atoms with Crippen molar-refractivity contribution in [3.8, 4) is 0 Å². The van der Waals surface area contributed by atoms with Crippen molar-refractivity contribution in [2.75, 3.05) is 18.0 Å². The van der Waals surface area contributed by atoms with Crippen molar-refractivity contribution in [2.24, 2.45) is 5.92 Å². The van der Waals surface area contributed by atoms with Gasteiger partial charge in [-0.3, -0.25) is 0 Å². The van der Waals surface area contributed by atoms with E-state index in [9.17, 15) is 0 Å². The van der Waals surface area contributed by atoms with E-state index in [1.54, 1.807) is 0 Å².